The van der Waals surface area contributed by atoms with E-state index in [1.165, 1.54) is 6.07 Å². The van der Waals surface area contributed by atoms with Crippen LogP contribution in [0.25, 0.3) is 6.08 Å². The number of hydroxylamine groups is 1. The first kappa shape index (κ1) is 14.0. The van der Waals surface area contributed by atoms with Gasteiger partial charge in [0, 0.05) is 11.8 Å². The first-order valence-corrected chi connectivity index (χ1v) is 6.51. The van der Waals surface area contributed by atoms with E-state index in [0.717, 1.165) is 5.56 Å². The van der Waals surface area contributed by atoms with Gasteiger partial charge in [0.2, 0.25) is 0 Å². The third kappa shape index (κ3) is 4.85. The first-order valence-electron chi connectivity index (χ1n) is 4.66. The van der Waals surface area contributed by atoms with Crippen molar-refractivity contribution >= 4 is 22.2 Å². The van der Waals surface area contributed by atoms with Gasteiger partial charge in [0.1, 0.15) is 0 Å². The molecule has 1 aromatic carbocycles. The molecule has 18 heavy (non-hydrogen) atoms. The summed E-state index contributed by atoms with van der Waals surface area (Å²) in [5.74, 6) is -0.303. The van der Waals surface area contributed by atoms with Crippen LogP contribution in [0.2, 0.25) is 0 Å². The van der Waals surface area contributed by atoms with E-state index >= 15 is 0 Å². The third-order valence-corrected chi connectivity index (χ3v) is 1.76. The van der Waals surface area contributed by atoms with Gasteiger partial charge >= 0.3 is 5.97 Å². The number of rotatable bonds is 1. The highest BCUT2D eigenvalue weighted by Gasteiger charge is 2.09. The van der Waals surface area contributed by atoms with Crippen molar-refractivity contribution in [3.8, 4) is 5.75 Å². The molecule has 1 aliphatic heterocycles. The molecule has 0 bridgehead atoms. The molecular formula is C10H11NO6S. The van der Waals surface area contributed by atoms with Gasteiger partial charge in [0.25, 0.3) is 10.1 Å². The van der Waals surface area contributed by atoms with Gasteiger partial charge in [0.15, 0.2) is 5.75 Å². The zero-order chi connectivity index (χ0) is 13.8. The molecule has 0 amide bonds. The molecule has 7 nitrogen and oxygen atoms in total. The highest BCUT2D eigenvalue weighted by molar-refractivity contribution is 7.85. The number of carboxylic acid groups (broad SMARTS) is 1. The molecule has 0 radical (unpaired) electrons. The van der Waals surface area contributed by atoms with Crippen LogP contribution in [-0.2, 0) is 10.1 Å². The van der Waals surface area contributed by atoms with Gasteiger partial charge in [-0.3, -0.25) is 4.55 Å². The molecule has 0 atom stereocenters. The number of hydrogen-bond acceptors (Lipinski definition) is 5. The predicted molar refractivity (Wildman–Crippen MR) is 63.7 cm³/mol. The van der Waals surface area contributed by atoms with Gasteiger partial charge in [-0.05, 0) is 24.3 Å². The van der Waals surface area contributed by atoms with E-state index in [1.807, 2.05) is 0 Å². The summed E-state index contributed by atoms with van der Waals surface area (Å²) in [6.45, 7) is 0. The molecule has 1 heterocycles. The van der Waals surface area contributed by atoms with Crippen molar-refractivity contribution in [1.29, 1.82) is 0 Å². The maximum Gasteiger partial charge on any atom is 0.335 e. The lowest BCUT2D eigenvalue weighted by Crippen LogP contribution is -2.14. The Hall–Kier alpha value is -2.06. The van der Waals surface area contributed by atoms with Crippen molar-refractivity contribution in [3.63, 3.8) is 0 Å². The van der Waals surface area contributed by atoms with Crippen LogP contribution in [0.5, 0.6) is 5.75 Å². The number of aromatic carboxylic acids is 1. The Labute approximate surface area is 103 Å². The molecule has 0 fully saturated rings. The van der Waals surface area contributed by atoms with E-state index in [2.05, 4.69) is 5.48 Å². The minimum absolute atomic E-state index is 0.258. The number of nitrogens with one attached hydrogen (secondary N) is 1. The van der Waals surface area contributed by atoms with Gasteiger partial charge in [-0.1, -0.05) is 0 Å². The minimum atomic E-state index is -3.67. The molecule has 0 saturated heterocycles. The lowest BCUT2D eigenvalue weighted by molar-refractivity contribution is 0.0696. The summed E-state index contributed by atoms with van der Waals surface area (Å²) in [5.41, 5.74) is 3.58. The van der Waals surface area contributed by atoms with E-state index in [1.54, 1.807) is 24.4 Å². The second kappa shape index (κ2) is 5.52. The summed E-state index contributed by atoms with van der Waals surface area (Å²) in [4.78, 5) is 15.6. The Morgan fingerprint density at radius 3 is 2.56 bits per heavy atom. The van der Waals surface area contributed by atoms with Crippen molar-refractivity contribution in [1.82, 2.24) is 5.48 Å². The molecule has 8 heteroatoms. The summed E-state index contributed by atoms with van der Waals surface area (Å²) >= 11 is 0. The van der Waals surface area contributed by atoms with Crippen molar-refractivity contribution in [2.75, 3.05) is 6.26 Å². The fraction of sp³-hybridized carbons (Fsp3) is 0.100. The second-order valence-corrected chi connectivity index (χ2v) is 4.81. The fourth-order valence-corrected chi connectivity index (χ4v) is 1.13. The molecule has 2 rings (SSSR count). The maximum absolute atomic E-state index is 10.6. The van der Waals surface area contributed by atoms with Crippen molar-refractivity contribution in [2.45, 2.75) is 0 Å². The van der Waals surface area contributed by atoms with Gasteiger partial charge in [-0.25, -0.2) is 10.3 Å². The second-order valence-electron chi connectivity index (χ2n) is 3.34. The van der Waals surface area contributed by atoms with Crippen LogP contribution in [0.15, 0.2) is 24.4 Å². The van der Waals surface area contributed by atoms with E-state index in [4.69, 9.17) is 14.5 Å². The maximum atomic E-state index is 10.6. The highest BCUT2D eigenvalue weighted by atomic mass is 32.2. The number of benzene rings is 1. The summed E-state index contributed by atoms with van der Waals surface area (Å²) in [6, 6.07) is 4.69. The van der Waals surface area contributed by atoms with Crippen LogP contribution < -0.4 is 10.3 Å². The number of carbonyl (C=O) groups is 1. The van der Waals surface area contributed by atoms with Crippen molar-refractivity contribution < 1.29 is 27.7 Å². The predicted octanol–water partition coefficient (Wildman–Crippen LogP) is 0.757. The summed E-state index contributed by atoms with van der Waals surface area (Å²) in [5, 5.41) is 8.71. The smallest absolute Gasteiger partial charge is 0.335 e. The number of carboxylic acids is 1. The zero-order valence-electron chi connectivity index (χ0n) is 9.32. The highest BCUT2D eigenvalue weighted by Crippen LogP contribution is 2.22. The van der Waals surface area contributed by atoms with Gasteiger partial charge in [-0.2, -0.15) is 8.42 Å². The van der Waals surface area contributed by atoms with Crippen molar-refractivity contribution in [3.05, 3.63) is 35.5 Å². The van der Waals surface area contributed by atoms with E-state index in [9.17, 15) is 13.2 Å². The van der Waals surface area contributed by atoms with Crippen LogP contribution in [0.4, 0.5) is 0 Å². The Bertz CT molecular complexity index is 570. The van der Waals surface area contributed by atoms with Gasteiger partial charge in [-0.15, -0.1) is 0 Å². The third-order valence-electron chi connectivity index (χ3n) is 1.76. The molecular weight excluding hydrogens is 262 g/mol. The standard InChI is InChI=1S/C9H7NO3.CH4O3S/c11-9(12)7-1-2-8-6(5-7)3-4-10-13-8;1-5(2,3)4/h1-5,10H,(H,11,12);1H3,(H,2,3,4). The molecule has 3 N–H and O–H groups in total. The largest absolute Gasteiger partial charge is 0.478 e. The summed E-state index contributed by atoms with van der Waals surface area (Å²) < 4.78 is 25.9. The average Bonchev–Trinajstić information content (AvgIpc) is 2.26. The molecule has 1 aliphatic rings. The van der Waals surface area contributed by atoms with E-state index in [-0.39, 0.29) is 5.56 Å². The van der Waals surface area contributed by atoms with Crippen LogP contribution in [0, 0.1) is 0 Å². The normalized spacial score (nSPS) is 12.3. The minimum Gasteiger partial charge on any atom is -0.478 e. The van der Waals surface area contributed by atoms with Gasteiger partial charge < -0.3 is 9.94 Å². The Kier molecular flexibility index (Phi) is 4.29. The molecule has 0 aromatic heterocycles. The lowest BCUT2D eigenvalue weighted by atomic mass is 10.1. The monoisotopic (exact) mass is 273 g/mol. The summed E-state index contributed by atoms with van der Waals surface area (Å²) in [7, 11) is -3.67. The molecule has 98 valence electrons. The zero-order valence-corrected chi connectivity index (χ0v) is 10.1. The van der Waals surface area contributed by atoms with Crippen LogP contribution >= 0.6 is 0 Å². The van der Waals surface area contributed by atoms with Crippen LogP contribution in [0.3, 0.4) is 0 Å². The topological polar surface area (TPSA) is 113 Å². The van der Waals surface area contributed by atoms with Gasteiger partial charge in [0.05, 0.1) is 11.8 Å². The van der Waals surface area contributed by atoms with Crippen LogP contribution in [0.1, 0.15) is 15.9 Å². The Morgan fingerprint density at radius 2 is 2.00 bits per heavy atom. The quantitative estimate of drug-likeness (QED) is 0.647. The number of hydrogen-bond donors (Lipinski definition) is 3. The molecule has 0 unspecified atom stereocenters. The SMILES string of the molecule is CS(=O)(=O)O.O=C(O)c1ccc2c(c1)C=CNO2. The lowest BCUT2D eigenvalue weighted by Gasteiger charge is -2.12. The Morgan fingerprint density at radius 1 is 1.39 bits per heavy atom. The molecule has 1 aromatic rings. The summed E-state index contributed by atoms with van der Waals surface area (Å²) in [6.07, 6.45) is 4.08. The van der Waals surface area contributed by atoms with E-state index < -0.39 is 16.1 Å². The average molecular weight is 273 g/mol. The molecule has 0 spiro atoms. The van der Waals surface area contributed by atoms with Crippen LogP contribution in [-0.4, -0.2) is 30.3 Å². The Balaban J connectivity index is 0.000000280. The molecule has 0 aliphatic carbocycles. The van der Waals surface area contributed by atoms with E-state index in [0.29, 0.717) is 12.0 Å². The molecule has 0 saturated carbocycles. The van der Waals surface area contributed by atoms with Crippen molar-refractivity contribution in [2.24, 2.45) is 0 Å². The number of fused-ring (bicyclic) bond motifs is 1. The fourth-order valence-electron chi connectivity index (χ4n) is 1.13. The first-order chi connectivity index (χ1) is 8.27.